The highest BCUT2D eigenvalue weighted by Gasteiger charge is 2.15. The number of anilines is 1. The van der Waals surface area contributed by atoms with Gasteiger partial charge >= 0.3 is 0 Å². The van der Waals surface area contributed by atoms with Gasteiger partial charge in [-0.25, -0.2) is 0 Å². The quantitative estimate of drug-likeness (QED) is 0.591. The van der Waals surface area contributed by atoms with Crippen LogP contribution in [0.2, 0.25) is 0 Å². The molecule has 0 aromatic heterocycles. The summed E-state index contributed by atoms with van der Waals surface area (Å²) in [5, 5.41) is 5.24. The van der Waals surface area contributed by atoms with Crippen LogP contribution in [0.25, 0.3) is 6.08 Å². The van der Waals surface area contributed by atoms with Gasteiger partial charge in [0.15, 0.2) is 0 Å². The van der Waals surface area contributed by atoms with Gasteiger partial charge in [-0.3, -0.25) is 14.4 Å². The van der Waals surface area contributed by atoms with Crippen LogP contribution in [-0.2, 0) is 14.4 Å². The summed E-state index contributed by atoms with van der Waals surface area (Å²) in [5.41, 5.74) is 1.51. The standard InChI is InChI=1S/C23H27N3O4/c1-3-15-26(23(29)14-9-18-7-5-4-6-8-18)17-22(28)24-16-21(27)25-19-10-12-20(30-2)13-11-19/h4-14H,3,15-17H2,1-2H3,(H,24,28)(H,25,27)/b14-9+. The van der Waals surface area contributed by atoms with E-state index in [0.717, 1.165) is 12.0 Å². The summed E-state index contributed by atoms with van der Waals surface area (Å²) < 4.78 is 5.06. The third-order valence-electron chi connectivity index (χ3n) is 4.18. The Morgan fingerprint density at radius 3 is 2.33 bits per heavy atom. The summed E-state index contributed by atoms with van der Waals surface area (Å²) in [5.74, 6) is -0.317. The minimum Gasteiger partial charge on any atom is -0.497 e. The zero-order chi connectivity index (χ0) is 21.8. The number of rotatable bonds is 10. The molecular weight excluding hydrogens is 382 g/mol. The molecular formula is C23H27N3O4. The van der Waals surface area contributed by atoms with E-state index in [1.807, 2.05) is 37.3 Å². The Balaban J connectivity index is 1.82. The maximum atomic E-state index is 12.4. The number of carbonyl (C=O) groups is 3. The molecule has 7 nitrogen and oxygen atoms in total. The maximum absolute atomic E-state index is 12.4. The van der Waals surface area contributed by atoms with Crippen molar-refractivity contribution < 1.29 is 19.1 Å². The average molecular weight is 409 g/mol. The van der Waals surface area contributed by atoms with Gasteiger partial charge in [0.2, 0.25) is 17.7 Å². The number of benzene rings is 2. The molecule has 2 aromatic rings. The molecule has 0 saturated carbocycles. The van der Waals surface area contributed by atoms with Crippen LogP contribution in [-0.4, -0.2) is 49.4 Å². The number of methoxy groups -OCH3 is 1. The number of hydrogen-bond acceptors (Lipinski definition) is 4. The van der Waals surface area contributed by atoms with E-state index < -0.39 is 5.91 Å². The van der Waals surface area contributed by atoms with E-state index in [9.17, 15) is 14.4 Å². The molecule has 0 unspecified atom stereocenters. The maximum Gasteiger partial charge on any atom is 0.247 e. The monoisotopic (exact) mass is 409 g/mol. The summed E-state index contributed by atoms with van der Waals surface area (Å²) in [6, 6.07) is 16.3. The molecule has 0 aliphatic heterocycles. The molecule has 0 saturated heterocycles. The Morgan fingerprint density at radius 2 is 1.70 bits per heavy atom. The molecule has 2 aromatic carbocycles. The SMILES string of the molecule is CCCN(CC(=O)NCC(=O)Nc1ccc(OC)cc1)C(=O)/C=C/c1ccccc1. The minimum absolute atomic E-state index is 0.110. The van der Waals surface area contributed by atoms with Crippen molar-refractivity contribution in [1.82, 2.24) is 10.2 Å². The zero-order valence-corrected chi connectivity index (χ0v) is 17.3. The lowest BCUT2D eigenvalue weighted by Crippen LogP contribution is -2.42. The predicted octanol–water partition coefficient (Wildman–Crippen LogP) is 2.70. The Bertz CT molecular complexity index is 864. The summed E-state index contributed by atoms with van der Waals surface area (Å²) in [6.45, 7) is 2.09. The minimum atomic E-state index is -0.394. The third-order valence-corrected chi connectivity index (χ3v) is 4.18. The van der Waals surface area contributed by atoms with Crippen LogP contribution in [0.15, 0.2) is 60.7 Å². The first kappa shape index (κ1) is 22.7. The van der Waals surface area contributed by atoms with Crippen molar-refractivity contribution in [3.63, 3.8) is 0 Å². The molecule has 158 valence electrons. The van der Waals surface area contributed by atoms with Crippen LogP contribution in [0.5, 0.6) is 5.75 Å². The Morgan fingerprint density at radius 1 is 1.00 bits per heavy atom. The lowest BCUT2D eigenvalue weighted by molar-refractivity contribution is -0.132. The highest BCUT2D eigenvalue weighted by atomic mass is 16.5. The van der Waals surface area contributed by atoms with Crippen LogP contribution in [0.4, 0.5) is 5.69 Å². The number of carbonyl (C=O) groups excluding carboxylic acids is 3. The molecule has 0 radical (unpaired) electrons. The van der Waals surface area contributed by atoms with Crippen LogP contribution in [0.3, 0.4) is 0 Å². The summed E-state index contributed by atoms with van der Waals surface area (Å²) in [6.07, 6.45) is 3.88. The molecule has 2 rings (SSSR count). The van der Waals surface area contributed by atoms with Gasteiger partial charge in [0.25, 0.3) is 0 Å². The van der Waals surface area contributed by atoms with Gasteiger partial charge in [-0.05, 0) is 42.3 Å². The number of nitrogens with one attached hydrogen (secondary N) is 2. The van der Waals surface area contributed by atoms with E-state index in [-0.39, 0.29) is 24.9 Å². The third kappa shape index (κ3) is 7.79. The molecule has 0 fully saturated rings. The van der Waals surface area contributed by atoms with Crippen LogP contribution < -0.4 is 15.4 Å². The zero-order valence-electron chi connectivity index (χ0n) is 17.3. The van der Waals surface area contributed by atoms with E-state index in [4.69, 9.17) is 4.74 Å². The molecule has 0 atom stereocenters. The first-order valence-electron chi connectivity index (χ1n) is 9.74. The number of ether oxygens (including phenoxy) is 1. The summed E-state index contributed by atoms with van der Waals surface area (Å²) in [4.78, 5) is 38.1. The van der Waals surface area contributed by atoms with E-state index in [2.05, 4.69) is 10.6 Å². The second kappa shape index (κ2) is 12.1. The first-order valence-corrected chi connectivity index (χ1v) is 9.74. The highest BCUT2D eigenvalue weighted by Crippen LogP contribution is 2.14. The van der Waals surface area contributed by atoms with Gasteiger partial charge in [0.1, 0.15) is 5.75 Å². The highest BCUT2D eigenvalue weighted by molar-refractivity contribution is 5.97. The van der Waals surface area contributed by atoms with E-state index in [0.29, 0.717) is 18.0 Å². The van der Waals surface area contributed by atoms with Gasteiger partial charge in [0.05, 0.1) is 20.2 Å². The molecule has 3 amide bonds. The largest absolute Gasteiger partial charge is 0.497 e. The number of nitrogens with zero attached hydrogens (tertiary/aromatic N) is 1. The summed E-state index contributed by atoms with van der Waals surface area (Å²) in [7, 11) is 1.56. The van der Waals surface area contributed by atoms with E-state index >= 15 is 0 Å². The molecule has 30 heavy (non-hydrogen) atoms. The van der Waals surface area contributed by atoms with Crippen molar-refractivity contribution in [1.29, 1.82) is 0 Å². The van der Waals surface area contributed by atoms with E-state index in [1.165, 1.54) is 11.0 Å². The lowest BCUT2D eigenvalue weighted by atomic mass is 10.2. The van der Waals surface area contributed by atoms with Crippen molar-refractivity contribution in [2.45, 2.75) is 13.3 Å². The lowest BCUT2D eigenvalue weighted by Gasteiger charge is -2.20. The summed E-state index contributed by atoms with van der Waals surface area (Å²) >= 11 is 0. The van der Waals surface area contributed by atoms with Crippen LogP contribution in [0.1, 0.15) is 18.9 Å². The molecule has 7 heteroatoms. The van der Waals surface area contributed by atoms with E-state index in [1.54, 1.807) is 37.5 Å². The van der Waals surface area contributed by atoms with Gasteiger partial charge in [-0.2, -0.15) is 0 Å². The number of amides is 3. The fraction of sp³-hybridized carbons (Fsp3) is 0.261. The first-order chi connectivity index (χ1) is 14.5. The van der Waals surface area contributed by atoms with Crippen molar-refractivity contribution in [2.24, 2.45) is 0 Å². The Kier molecular flexibility index (Phi) is 9.12. The molecule has 0 aliphatic carbocycles. The van der Waals surface area contributed by atoms with Gasteiger partial charge in [0, 0.05) is 18.3 Å². The second-order valence-corrected chi connectivity index (χ2v) is 6.56. The van der Waals surface area contributed by atoms with Gasteiger partial charge in [-0.1, -0.05) is 37.3 Å². The average Bonchev–Trinajstić information content (AvgIpc) is 2.77. The van der Waals surface area contributed by atoms with Gasteiger partial charge < -0.3 is 20.3 Å². The van der Waals surface area contributed by atoms with Crippen molar-refractivity contribution in [2.75, 3.05) is 32.1 Å². The second-order valence-electron chi connectivity index (χ2n) is 6.56. The molecule has 0 aliphatic rings. The fourth-order valence-electron chi connectivity index (χ4n) is 2.66. The fourth-order valence-corrected chi connectivity index (χ4v) is 2.66. The van der Waals surface area contributed by atoms with Crippen molar-refractivity contribution in [3.05, 3.63) is 66.2 Å². The Hall–Kier alpha value is -3.61. The molecule has 0 heterocycles. The molecule has 2 N–H and O–H groups in total. The smallest absolute Gasteiger partial charge is 0.247 e. The molecule has 0 spiro atoms. The van der Waals surface area contributed by atoms with Crippen molar-refractivity contribution in [3.8, 4) is 5.75 Å². The topological polar surface area (TPSA) is 87.7 Å². The van der Waals surface area contributed by atoms with Crippen LogP contribution >= 0.6 is 0 Å². The normalized spacial score (nSPS) is 10.5. The van der Waals surface area contributed by atoms with Gasteiger partial charge in [-0.15, -0.1) is 0 Å². The number of hydrogen-bond donors (Lipinski definition) is 2. The molecule has 0 bridgehead atoms. The van der Waals surface area contributed by atoms with Crippen LogP contribution in [0, 0.1) is 0 Å². The van der Waals surface area contributed by atoms with Crippen molar-refractivity contribution >= 4 is 29.5 Å². The Labute approximate surface area is 176 Å². The predicted molar refractivity (Wildman–Crippen MR) is 117 cm³/mol.